The van der Waals surface area contributed by atoms with Crippen LogP contribution in [0.15, 0.2) is 53.7 Å². The zero-order valence-corrected chi connectivity index (χ0v) is 20.5. The average molecular weight is 488 g/mol. The summed E-state index contributed by atoms with van der Waals surface area (Å²) in [6.45, 7) is 3.46. The Balaban J connectivity index is 1.33. The van der Waals surface area contributed by atoms with E-state index >= 15 is 0 Å². The molecule has 1 aliphatic rings. The Hall–Kier alpha value is -2.38. The van der Waals surface area contributed by atoms with Gasteiger partial charge in [0.25, 0.3) is 0 Å². The highest BCUT2D eigenvalue weighted by Gasteiger charge is 2.26. The van der Waals surface area contributed by atoms with E-state index in [0.717, 1.165) is 48.7 Å². The van der Waals surface area contributed by atoms with E-state index in [2.05, 4.69) is 16.5 Å². The van der Waals surface area contributed by atoms with Gasteiger partial charge in [0.15, 0.2) is 9.84 Å². The number of piperidine rings is 1. The number of imidazole rings is 1. The van der Waals surface area contributed by atoms with Crippen molar-refractivity contribution in [3.8, 4) is 0 Å². The molecule has 33 heavy (non-hydrogen) atoms. The molecule has 1 aliphatic heterocycles. The third-order valence-corrected chi connectivity index (χ3v) is 8.38. The van der Waals surface area contributed by atoms with Gasteiger partial charge in [0, 0.05) is 49.4 Å². The van der Waals surface area contributed by atoms with Crippen LogP contribution in [0.1, 0.15) is 50.9 Å². The summed E-state index contributed by atoms with van der Waals surface area (Å²) in [6.07, 6.45) is 8.85. The molecule has 1 amide bonds. The number of fused-ring (bicyclic) bond motifs is 1. The second-order valence-corrected chi connectivity index (χ2v) is 11.2. The lowest BCUT2D eigenvalue weighted by Gasteiger charge is -2.33. The van der Waals surface area contributed by atoms with Crippen LogP contribution in [0.2, 0.25) is 5.02 Å². The minimum atomic E-state index is -3.55. The molecule has 1 aromatic heterocycles. The van der Waals surface area contributed by atoms with Crippen molar-refractivity contribution in [3.05, 3.63) is 59.6 Å². The van der Waals surface area contributed by atoms with E-state index in [1.807, 2.05) is 12.4 Å². The first-order valence-electron chi connectivity index (χ1n) is 11.6. The van der Waals surface area contributed by atoms with E-state index in [9.17, 15) is 13.2 Å². The fourth-order valence-electron chi connectivity index (χ4n) is 4.48. The van der Waals surface area contributed by atoms with E-state index < -0.39 is 9.84 Å². The number of sulfone groups is 1. The maximum Gasteiger partial charge on any atom is 0.223 e. The highest BCUT2D eigenvalue weighted by Crippen LogP contribution is 2.26. The standard InChI is InChI=1S/C25H30ClN3O3S/c1-2-3-4-24-27-12-15-29(24)22-9-13-28(14-10-22)25(30)11-16-33(31,32)23-8-6-19-17-21(26)7-5-20(19)18-23/h5-8,12,15,17-18,22H,2-4,9-11,13-14,16H2,1H3. The molecule has 0 N–H and O–H groups in total. The number of carbonyl (C=O) groups is 1. The molecular formula is C25H30ClN3O3S. The topological polar surface area (TPSA) is 72.3 Å². The molecule has 6 nitrogen and oxygen atoms in total. The van der Waals surface area contributed by atoms with Gasteiger partial charge in [-0.25, -0.2) is 13.4 Å². The van der Waals surface area contributed by atoms with Crippen molar-refractivity contribution < 1.29 is 13.2 Å². The molecule has 4 rings (SSSR count). The van der Waals surface area contributed by atoms with Crippen molar-refractivity contribution in [2.45, 2.75) is 56.4 Å². The van der Waals surface area contributed by atoms with Crippen LogP contribution in [0, 0.1) is 0 Å². The van der Waals surface area contributed by atoms with E-state index in [0.29, 0.717) is 24.2 Å². The van der Waals surface area contributed by atoms with Gasteiger partial charge in [-0.2, -0.15) is 0 Å². The summed E-state index contributed by atoms with van der Waals surface area (Å²) in [5.41, 5.74) is 0. The van der Waals surface area contributed by atoms with Crippen LogP contribution in [0.4, 0.5) is 0 Å². The van der Waals surface area contributed by atoms with Crippen molar-refractivity contribution in [1.29, 1.82) is 0 Å². The fraction of sp³-hybridized carbons (Fsp3) is 0.440. The second-order valence-electron chi connectivity index (χ2n) is 8.69. The highest BCUT2D eigenvalue weighted by molar-refractivity contribution is 7.91. The van der Waals surface area contributed by atoms with Gasteiger partial charge in [-0.1, -0.05) is 37.1 Å². The van der Waals surface area contributed by atoms with Crippen molar-refractivity contribution in [3.63, 3.8) is 0 Å². The predicted molar refractivity (Wildman–Crippen MR) is 131 cm³/mol. The van der Waals surface area contributed by atoms with Crippen molar-refractivity contribution in [2.24, 2.45) is 0 Å². The van der Waals surface area contributed by atoms with Gasteiger partial charge in [-0.15, -0.1) is 0 Å². The first-order chi connectivity index (χ1) is 15.9. The summed E-state index contributed by atoms with van der Waals surface area (Å²) in [6, 6.07) is 10.7. The number of aryl methyl sites for hydroxylation is 1. The van der Waals surface area contributed by atoms with Gasteiger partial charge >= 0.3 is 0 Å². The highest BCUT2D eigenvalue weighted by atomic mass is 35.5. The molecular weight excluding hydrogens is 458 g/mol. The number of aromatic nitrogens is 2. The van der Waals surface area contributed by atoms with Crippen LogP contribution >= 0.6 is 11.6 Å². The number of hydrogen-bond acceptors (Lipinski definition) is 4. The van der Waals surface area contributed by atoms with Crippen LogP contribution in [0.3, 0.4) is 0 Å². The van der Waals surface area contributed by atoms with Crippen LogP contribution in [0.25, 0.3) is 10.8 Å². The quantitative estimate of drug-likeness (QED) is 0.445. The van der Waals surface area contributed by atoms with Crippen molar-refractivity contribution in [1.82, 2.24) is 14.5 Å². The van der Waals surface area contributed by atoms with Crippen LogP contribution in [-0.2, 0) is 21.1 Å². The molecule has 0 radical (unpaired) electrons. The molecule has 1 fully saturated rings. The predicted octanol–water partition coefficient (Wildman–Crippen LogP) is 5.06. The number of hydrogen-bond donors (Lipinski definition) is 0. The molecule has 176 valence electrons. The maximum atomic E-state index is 12.9. The van der Waals surface area contributed by atoms with E-state index in [4.69, 9.17) is 11.6 Å². The number of benzene rings is 2. The summed E-state index contributed by atoms with van der Waals surface area (Å²) in [7, 11) is -3.55. The smallest absolute Gasteiger partial charge is 0.223 e. The summed E-state index contributed by atoms with van der Waals surface area (Å²) < 4.78 is 28.0. The molecule has 1 saturated heterocycles. The van der Waals surface area contributed by atoms with Crippen LogP contribution in [-0.4, -0.2) is 47.6 Å². The Kier molecular flexibility index (Phi) is 7.39. The molecule has 0 bridgehead atoms. The summed E-state index contributed by atoms with van der Waals surface area (Å²) in [5, 5.41) is 2.31. The lowest BCUT2D eigenvalue weighted by Crippen LogP contribution is -2.39. The average Bonchev–Trinajstić information content (AvgIpc) is 3.29. The molecule has 2 heterocycles. The molecule has 2 aromatic carbocycles. The monoisotopic (exact) mass is 487 g/mol. The van der Waals surface area contributed by atoms with E-state index in [1.54, 1.807) is 41.3 Å². The van der Waals surface area contributed by atoms with Gasteiger partial charge in [-0.05, 0) is 54.3 Å². The summed E-state index contributed by atoms with van der Waals surface area (Å²) in [4.78, 5) is 19.3. The first kappa shape index (κ1) is 23.8. The van der Waals surface area contributed by atoms with E-state index in [1.165, 1.54) is 0 Å². The zero-order valence-electron chi connectivity index (χ0n) is 18.9. The Morgan fingerprint density at radius 1 is 1.12 bits per heavy atom. The van der Waals surface area contributed by atoms with E-state index in [-0.39, 0.29) is 23.0 Å². The number of rotatable bonds is 8. The number of likely N-dealkylation sites (tertiary alicyclic amines) is 1. The van der Waals surface area contributed by atoms with Crippen molar-refractivity contribution >= 4 is 38.1 Å². The van der Waals surface area contributed by atoms with Crippen LogP contribution < -0.4 is 0 Å². The van der Waals surface area contributed by atoms with Gasteiger partial charge in [0.1, 0.15) is 5.82 Å². The maximum absolute atomic E-state index is 12.9. The fourth-order valence-corrected chi connectivity index (χ4v) is 5.93. The molecule has 0 saturated carbocycles. The molecule has 3 aromatic rings. The Bertz CT molecular complexity index is 1230. The molecule has 0 unspecified atom stereocenters. The van der Waals surface area contributed by atoms with Gasteiger partial charge in [0.05, 0.1) is 10.6 Å². The Morgan fingerprint density at radius 3 is 2.61 bits per heavy atom. The molecule has 0 atom stereocenters. The number of carbonyl (C=O) groups excluding carboxylic acids is 1. The lowest BCUT2D eigenvalue weighted by molar-refractivity contribution is -0.132. The molecule has 0 aliphatic carbocycles. The van der Waals surface area contributed by atoms with Gasteiger partial charge < -0.3 is 9.47 Å². The van der Waals surface area contributed by atoms with Gasteiger partial charge in [0.2, 0.25) is 5.91 Å². The lowest BCUT2D eigenvalue weighted by atomic mass is 10.0. The minimum Gasteiger partial charge on any atom is -0.343 e. The molecule has 8 heteroatoms. The van der Waals surface area contributed by atoms with Gasteiger partial charge in [-0.3, -0.25) is 4.79 Å². The SMILES string of the molecule is CCCCc1nccn1C1CCN(C(=O)CCS(=O)(=O)c2ccc3cc(Cl)ccc3c2)CC1. The third-order valence-electron chi connectivity index (χ3n) is 6.43. The Morgan fingerprint density at radius 2 is 1.85 bits per heavy atom. The number of amides is 1. The Labute approximate surface area is 200 Å². The normalized spacial score (nSPS) is 15.3. The number of unbranched alkanes of at least 4 members (excludes halogenated alkanes) is 1. The summed E-state index contributed by atoms with van der Waals surface area (Å²) in [5.74, 6) is 0.833. The number of nitrogens with zero attached hydrogens (tertiary/aromatic N) is 3. The molecule has 0 spiro atoms. The second kappa shape index (κ2) is 10.3. The van der Waals surface area contributed by atoms with Crippen LogP contribution in [0.5, 0.6) is 0 Å². The first-order valence-corrected chi connectivity index (χ1v) is 13.6. The largest absolute Gasteiger partial charge is 0.343 e. The minimum absolute atomic E-state index is 0.00151. The zero-order chi connectivity index (χ0) is 23.4. The van der Waals surface area contributed by atoms with Crippen molar-refractivity contribution in [2.75, 3.05) is 18.8 Å². The summed E-state index contributed by atoms with van der Waals surface area (Å²) >= 11 is 6.01. The number of halogens is 1. The third kappa shape index (κ3) is 5.58.